The highest BCUT2D eigenvalue weighted by Gasteiger charge is 2.66. The Morgan fingerprint density at radius 3 is 2.28 bits per heavy atom. The summed E-state index contributed by atoms with van der Waals surface area (Å²) in [6, 6.07) is -1.72. The number of aliphatic hydroxyl groups is 5. The van der Waals surface area contributed by atoms with E-state index in [1.807, 2.05) is 0 Å². The number of aliphatic hydroxyl groups excluding tert-OH is 5. The van der Waals surface area contributed by atoms with Gasteiger partial charge in [-0.2, -0.15) is 0 Å². The van der Waals surface area contributed by atoms with Crippen LogP contribution in [0.3, 0.4) is 0 Å². The first-order valence-corrected chi connectivity index (χ1v) is 7.16. The van der Waals surface area contributed by atoms with Gasteiger partial charge in [-0.25, -0.2) is 9.59 Å². The van der Waals surface area contributed by atoms with Crippen LogP contribution in [0.15, 0.2) is 0 Å². The topological polar surface area (TPSA) is 217 Å². The first-order chi connectivity index (χ1) is 11.5. The van der Waals surface area contributed by atoms with Crippen molar-refractivity contribution >= 4 is 17.7 Å². The van der Waals surface area contributed by atoms with Crippen LogP contribution in [-0.2, 0) is 23.9 Å². The number of rotatable bonds is 7. The van der Waals surface area contributed by atoms with E-state index in [0.717, 1.165) is 6.92 Å². The lowest BCUT2D eigenvalue weighted by molar-refractivity contribution is -0.324. The number of hydrogen-bond donors (Lipinski definition) is 7. The van der Waals surface area contributed by atoms with Crippen LogP contribution in [0.25, 0.3) is 0 Å². The molecule has 0 spiro atoms. The zero-order valence-electron chi connectivity index (χ0n) is 13.2. The molecule has 0 aromatic heterocycles. The Morgan fingerprint density at radius 2 is 1.88 bits per heavy atom. The first kappa shape index (κ1) is 21.4. The molecule has 0 aromatic carbocycles. The molecule has 1 saturated heterocycles. The van der Waals surface area contributed by atoms with Crippen molar-refractivity contribution in [2.24, 2.45) is 5.73 Å². The summed E-state index contributed by atoms with van der Waals surface area (Å²) < 4.78 is 9.66. The van der Waals surface area contributed by atoms with Crippen molar-refractivity contribution in [3.63, 3.8) is 0 Å². The summed E-state index contributed by atoms with van der Waals surface area (Å²) in [5.41, 5.74) is 2.99. The Bertz CT molecular complexity index is 540. The Morgan fingerprint density at radius 1 is 1.32 bits per heavy atom. The summed E-state index contributed by atoms with van der Waals surface area (Å²) in [5.74, 6) is -7.45. The highest BCUT2D eigenvalue weighted by Crippen LogP contribution is 2.40. The molecule has 12 nitrogen and oxygen atoms in total. The lowest BCUT2D eigenvalue weighted by atomic mass is 9.75. The fraction of sp³-hybridized carbons (Fsp3) is 0.769. The summed E-state index contributed by atoms with van der Waals surface area (Å²) in [4.78, 5) is 35.1. The normalized spacial score (nSPS) is 34.8. The van der Waals surface area contributed by atoms with E-state index in [1.54, 1.807) is 0 Å². The van der Waals surface area contributed by atoms with Crippen molar-refractivity contribution in [3.05, 3.63) is 0 Å². The molecule has 1 fully saturated rings. The standard InChI is InChI=1S/C13H21NO11/c1-5(17)13(10(21)7(19)3-15)9(14)6(18)2-12(25-13,11(22)23)24-8(20)4-16/h6-7,9-10,15-16,18-19,21H,2-4,14H2,1H3,(H,22,23)/t6-,7+,9+,10+,12-,13+/m0/s1. The molecule has 1 heterocycles. The Kier molecular flexibility index (Phi) is 6.58. The van der Waals surface area contributed by atoms with Crippen molar-refractivity contribution in [1.29, 1.82) is 0 Å². The molecule has 0 amide bonds. The third kappa shape index (κ3) is 3.64. The van der Waals surface area contributed by atoms with Crippen molar-refractivity contribution in [1.82, 2.24) is 0 Å². The average Bonchev–Trinajstić information content (AvgIpc) is 2.55. The van der Waals surface area contributed by atoms with Crippen LogP contribution in [0.1, 0.15) is 13.3 Å². The second-order valence-electron chi connectivity index (χ2n) is 5.63. The number of carbonyl (C=O) groups is 3. The minimum atomic E-state index is -2.96. The number of carboxylic acids is 1. The third-order valence-corrected chi connectivity index (χ3v) is 4.00. The molecule has 1 aliphatic heterocycles. The summed E-state index contributed by atoms with van der Waals surface area (Å²) in [5, 5.41) is 57.1. The van der Waals surface area contributed by atoms with E-state index in [0.29, 0.717) is 0 Å². The molecule has 0 radical (unpaired) electrons. The van der Waals surface area contributed by atoms with E-state index in [1.165, 1.54) is 0 Å². The quantitative estimate of drug-likeness (QED) is 0.212. The molecular weight excluding hydrogens is 346 g/mol. The molecular formula is C13H21NO11. The summed E-state index contributed by atoms with van der Waals surface area (Å²) in [6.07, 6.45) is -6.97. The van der Waals surface area contributed by atoms with Gasteiger partial charge in [0.1, 0.15) is 18.8 Å². The van der Waals surface area contributed by atoms with E-state index >= 15 is 0 Å². The van der Waals surface area contributed by atoms with Crippen LogP contribution >= 0.6 is 0 Å². The van der Waals surface area contributed by atoms with Crippen molar-refractivity contribution in [2.45, 2.75) is 49.1 Å². The Labute approximate surface area is 141 Å². The number of aliphatic carboxylic acids is 1. The number of Topliss-reactive ketones (excluding diaryl/α,β-unsaturated/α-hetero) is 1. The smallest absolute Gasteiger partial charge is 0.377 e. The van der Waals surface area contributed by atoms with Gasteiger partial charge in [0.25, 0.3) is 0 Å². The average molecular weight is 367 g/mol. The van der Waals surface area contributed by atoms with Crippen LogP contribution in [0, 0.1) is 0 Å². The van der Waals surface area contributed by atoms with Gasteiger partial charge in [-0.1, -0.05) is 0 Å². The lowest BCUT2D eigenvalue weighted by Crippen LogP contribution is -2.76. The molecule has 0 bridgehead atoms. The van der Waals surface area contributed by atoms with Gasteiger partial charge in [0.05, 0.1) is 25.2 Å². The van der Waals surface area contributed by atoms with Gasteiger partial charge >= 0.3 is 17.7 Å². The highest BCUT2D eigenvalue weighted by atomic mass is 16.8. The number of carbonyl (C=O) groups excluding carboxylic acids is 2. The molecule has 0 aliphatic carbocycles. The molecule has 12 heteroatoms. The monoisotopic (exact) mass is 367 g/mol. The fourth-order valence-electron chi connectivity index (χ4n) is 2.68. The summed E-state index contributed by atoms with van der Waals surface area (Å²) in [7, 11) is 0. The summed E-state index contributed by atoms with van der Waals surface area (Å²) in [6.45, 7) is -1.43. The molecule has 0 unspecified atom stereocenters. The van der Waals surface area contributed by atoms with Crippen LogP contribution in [0.2, 0.25) is 0 Å². The van der Waals surface area contributed by atoms with E-state index in [9.17, 15) is 34.8 Å². The second-order valence-corrected chi connectivity index (χ2v) is 5.63. The largest absolute Gasteiger partial charge is 0.476 e. The minimum Gasteiger partial charge on any atom is -0.476 e. The first-order valence-electron chi connectivity index (χ1n) is 7.16. The molecule has 144 valence electrons. The van der Waals surface area contributed by atoms with Gasteiger partial charge in [0.2, 0.25) is 0 Å². The molecule has 8 N–H and O–H groups in total. The number of nitrogens with two attached hydrogens (primary N) is 1. The summed E-state index contributed by atoms with van der Waals surface area (Å²) >= 11 is 0. The van der Waals surface area contributed by atoms with Crippen molar-refractivity contribution < 1.29 is 54.5 Å². The van der Waals surface area contributed by atoms with Gasteiger partial charge in [-0.15, -0.1) is 0 Å². The maximum Gasteiger partial charge on any atom is 0.377 e. The molecule has 6 atom stereocenters. The van der Waals surface area contributed by atoms with Crippen LogP contribution in [0.4, 0.5) is 0 Å². The number of ketones is 1. The number of carboxylic acid groups (broad SMARTS) is 1. The lowest BCUT2D eigenvalue weighted by Gasteiger charge is -2.51. The van der Waals surface area contributed by atoms with Gasteiger partial charge < -0.3 is 45.8 Å². The van der Waals surface area contributed by atoms with Crippen LogP contribution in [-0.4, -0.2) is 97.3 Å². The van der Waals surface area contributed by atoms with Gasteiger partial charge in [-0.3, -0.25) is 4.79 Å². The highest BCUT2D eigenvalue weighted by molar-refractivity contribution is 5.89. The maximum atomic E-state index is 12.2. The number of esters is 1. The van der Waals surface area contributed by atoms with Gasteiger partial charge in [0.15, 0.2) is 11.4 Å². The Balaban J connectivity index is 3.51. The second kappa shape index (κ2) is 7.70. The SMILES string of the molecule is CC(=O)[C@@]1([C@H](O)[C@H](O)CO)O[C@](OC(=O)CO)(C(=O)O)C[C@H](O)[C@H]1N. The van der Waals surface area contributed by atoms with Gasteiger partial charge in [-0.05, 0) is 6.92 Å². The third-order valence-electron chi connectivity index (χ3n) is 4.00. The van der Waals surface area contributed by atoms with E-state index < -0.39 is 73.1 Å². The zero-order valence-corrected chi connectivity index (χ0v) is 13.2. The molecule has 0 aromatic rings. The molecule has 1 aliphatic rings. The molecule has 0 saturated carbocycles. The fourth-order valence-corrected chi connectivity index (χ4v) is 2.68. The van der Waals surface area contributed by atoms with Crippen LogP contribution < -0.4 is 5.73 Å². The minimum absolute atomic E-state index is 0.839. The molecule has 1 rings (SSSR count). The van der Waals surface area contributed by atoms with E-state index in [2.05, 4.69) is 4.74 Å². The van der Waals surface area contributed by atoms with Gasteiger partial charge in [0, 0.05) is 0 Å². The number of hydrogen-bond acceptors (Lipinski definition) is 11. The van der Waals surface area contributed by atoms with E-state index in [4.69, 9.17) is 20.7 Å². The predicted molar refractivity (Wildman–Crippen MR) is 75.7 cm³/mol. The predicted octanol–water partition coefficient (Wildman–Crippen LogP) is -4.55. The number of ether oxygens (including phenoxy) is 2. The Hall–Kier alpha value is -1.67. The van der Waals surface area contributed by atoms with Crippen LogP contribution in [0.5, 0.6) is 0 Å². The zero-order chi connectivity index (χ0) is 19.6. The maximum absolute atomic E-state index is 12.2. The van der Waals surface area contributed by atoms with Crippen molar-refractivity contribution in [3.8, 4) is 0 Å². The molecule has 25 heavy (non-hydrogen) atoms. The van der Waals surface area contributed by atoms with Crippen molar-refractivity contribution in [2.75, 3.05) is 13.2 Å². The van der Waals surface area contributed by atoms with E-state index in [-0.39, 0.29) is 0 Å².